The molecule has 29 heavy (non-hydrogen) atoms. The van der Waals surface area contributed by atoms with Gasteiger partial charge in [0.2, 0.25) is 0 Å². The molecule has 3 heterocycles. The molecule has 154 valence electrons. The van der Waals surface area contributed by atoms with Crippen LogP contribution in [0, 0.1) is 5.82 Å². The number of pyridine rings is 1. The van der Waals surface area contributed by atoms with Gasteiger partial charge in [0.1, 0.15) is 17.3 Å². The molecule has 7 nitrogen and oxygen atoms in total. The van der Waals surface area contributed by atoms with Crippen LogP contribution in [0.2, 0.25) is 0 Å². The van der Waals surface area contributed by atoms with Gasteiger partial charge in [-0.1, -0.05) is 12.1 Å². The van der Waals surface area contributed by atoms with E-state index in [9.17, 15) is 9.18 Å². The molecule has 2 aliphatic rings. The number of nitrogens with two attached hydrogens (primary N) is 1. The Kier molecular flexibility index (Phi) is 6.22. The highest BCUT2D eigenvalue weighted by atomic mass is 35.5. The Morgan fingerprint density at radius 3 is 2.79 bits per heavy atom. The fourth-order valence-electron chi connectivity index (χ4n) is 3.64. The molecule has 0 atom stereocenters. The predicted molar refractivity (Wildman–Crippen MR) is 111 cm³/mol. The monoisotopic (exact) mass is 419 g/mol. The first kappa shape index (κ1) is 20.9. The van der Waals surface area contributed by atoms with Crippen LogP contribution in [-0.2, 0) is 11.2 Å². The number of nitrogens with zero attached hydrogens (tertiary/aromatic N) is 3. The van der Waals surface area contributed by atoms with Crippen LogP contribution in [0.1, 0.15) is 24.0 Å². The number of nitrogens with one attached hydrogen (secondary N) is 1. The number of aliphatic imine (C=N–C) groups is 1. The molecule has 2 aromatic rings. The molecular formula is C20H23ClFN5O2. The van der Waals surface area contributed by atoms with Crippen molar-refractivity contribution in [1.82, 2.24) is 9.88 Å². The molecule has 1 saturated heterocycles. The Hall–Kier alpha value is -2.87. The second kappa shape index (κ2) is 8.65. The maximum Gasteiger partial charge on any atom is 0.409 e. The molecule has 3 N–H and O–H groups in total. The summed E-state index contributed by atoms with van der Waals surface area (Å²) in [5.74, 6) is -0.199. The van der Waals surface area contributed by atoms with Gasteiger partial charge in [-0.2, -0.15) is 0 Å². The van der Waals surface area contributed by atoms with E-state index in [2.05, 4.69) is 15.3 Å². The summed E-state index contributed by atoms with van der Waals surface area (Å²) in [4.78, 5) is 22.6. The van der Waals surface area contributed by atoms with Crippen LogP contribution in [0.3, 0.4) is 0 Å². The lowest BCUT2D eigenvalue weighted by molar-refractivity contribution is 0.0874. The lowest BCUT2D eigenvalue weighted by atomic mass is 9.94. The summed E-state index contributed by atoms with van der Waals surface area (Å²) in [6, 6.07) is 8.60. The van der Waals surface area contributed by atoms with Crippen molar-refractivity contribution in [2.24, 2.45) is 10.7 Å². The minimum atomic E-state index is -0.614. The number of carbonyl (C=O) groups is 1. The topological polar surface area (TPSA) is 92.8 Å². The molecule has 9 heteroatoms. The fraction of sp³-hybridized carbons (Fsp3) is 0.350. The van der Waals surface area contributed by atoms with Gasteiger partial charge in [-0.25, -0.2) is 14.2 Å². The first-order chi connectivity index (χ1) is 13.6. The van der Waals surface area contributed by atoms with E-state index in [-0.39, 0.29) is 24.3 Å². The number of likely N-dealkylation sites (tertiary alicyclic amines) is 1. The molecule has 4 rings (SSSR count). The van der Waals surface area contributed by atoms with Gasteiger partial charge in [0.25, 0.3) is 0 Å². The summed E-state index contributed by atoms with van der Waals surface area (Å²) in [5.41, 5.74) is 7.39. The van der Waals surface area contributed by atoms with E-state index in [0.717, 1.165) is 5.56 Å². The summed E-state index contributed by atoms with van der Waals surface area (Å²) in [7, 11) is 0. The Morgan fingerprint density at radius 2 is 2.07 bits per heavy atom. The van der Waals surface area contributed by atoms with Crippen molar-refractivity contribution >= 4 is 30.0 Å². The molecule has 1 fully saturated rings. The highest BCUT2D eigenvalue weighted by molar-refractivity contribution is 6.04. The van der Waals surface area contributed by atoms with E-state index in [1.807, 2.05) is 12.1 Å². The zero-order valence-corrected chi connectivity index (χ0v) is 16.6. The number of aromatic nitrogens is 1. The summed E-state index contributed by atoms with van der Waals surface area (Å²) >= 11 is 0. The summed E-state index contributed by atoms with van der Waals surface area (Å²) < 4.78 is 19.4. The number of rotatable bonds is 3. The average molecular weight is 420 g/mol. The maximum atomic E-state index is 14.0. The van der Waals surface area contributed by atoms with Crippen molar-refractivity contribution in [2.75, 3.05) is 25.0 Å². The van der Waals surface area contributed by atoms with Crippen molar-refractivity contribution in [3.05, 3.63) is 59.7 Å². The first-order valence-corrected chi connectivity index (χ1v) is 9.29. The predicted octanol–water partition coefficient (Wildman–Crippen LogP) is 2.94. The first-order valence-electron chi connectivity index (χ1n) is 9.29. The SMILES string of the molecule is Cl.NC1=NC2(CCN(C(=O)OCCc3cccnc3)CC2)Nc2cccc(F)c21. The number of carbonyl (C=O) groups excluding carboxylic acids is 1. The fourth-order valence-corrected chi connectivity index (χ4v) is 3.64. The van der Waals surface area contributed by atoms with Gasteiger partial charge in [0.15, 0.2) is 0 Å². The number of amidine groups is 1. The van der Waals surface area contributed by atoms with Crippen LogP contribution in [0.4, 0.5) is 14.9 Å². The Bertz CT molecular complexity index is 901. The Morgan fingerprint density at radius 1 is 1.28 bits per heavy atom. The van der Waals surface area contributed by atoms with Crippen LogP contribution in [0.5, 0.6) is 0 Å². The van der Waals surface area contributed by atoms with Gasteiger partial charge in [-0.15, -0.1) is 12.4 Å². The second-order valence-electron chi connectivity index (χ2n) is 7.03. The van der Waals surface area contributed by atoms with E-state index in [4.69, 9.17) is 10.5 Å². The molecule has 2 aliphatic heterocycles. The Labute approximate surface area is 174 Å². The highest BCUT2D eigenvalue weighted by Crippen LogP contribution is 2.35. The lowest BCUT2D eigenvalue weighted by Crippen LogP contribution is -2.52. The summed E-state index contributed by atoms with van der Waals surface area (Å²) in [5, 5.41) is 3.31. The average Bonchev–Trinajstić information content (AvgIpc) is 2.69. The van der Waals surface area contributed by atoms with E-state index in [1.54, 1.807) is 29.4 Å². The van der Waals surface area contributed by atoms with Crippen LogP contribution in [0.15, 0.2) is 47.7 Å². The van der Waals surface area contributed by atoms with Crippen molar-refractivity contribution in [1.29, 1.82) is 0 Å². The lowest BCUT2D eigenvalue weighted by Gasteiger charge is -2.42. The van der Waals surface area contributed by atoms with Crippen LogP contribution >= 0.6 is 12.4 Å². The number of fused-ring (bicyclic) bond motifs is 1. The third kappa shape index (κ3) is 4.42. The number of halogens is 2. The van der Waals surface area contributed by atoms with Crippen LogP contribution < -0.4 is 11.1 Å². The molecule has 0 bridgehead atoms. The standard InChI is InChI=1S/C20H22FN5O2.ClH/c21-15-4-1-5-16-17(15)18(22)25-20(24-16)7-10-26(11-8-20)19(27)28-12-6-14-3-2-9-23-13-14;/h1-5,9,13,24H,6-8,10-12H2,(H2,22,25);1H. The zero-order chi connectivity index (χ0) is 19.6. The smallest absolute Gasteiger partial charge is 0.409 e. The van der Waals surface area contributed by atoms with Gasteiger partial charge in [-0.3, -0.25) is 4.98 Å². The van der Waals surface area contributed by atoms with E-state index in [0.29, 0.717) is 50.2 Å². The molecule has 0 unspecified atom stereocenters. The molecule has 0 radical (unpaired) electrons. The number of hydrogen-bond donors (Lipinski definition) is 2. The minimum Gasteiger partial charge on any atom is -0.449 e. The summed E-state index contributed by atoms with van der Waals surface area (Å²) in [6.45, 7) is 1.28. The van der Waals surface area contributed by atoms with Crippen LogP contribution in [-0.4, -0.2) is 47.2 Å². The van der Waals surface area contributed by atoms with Gasteiger partial charge >= 0.3 is 6.09 Å². The number of amides is 1. The third-order valence-corrected chi connectivity index (χ3v) is 5.16. The van der Waals surface area contributed by atoms with Gasteiger partial charge in [0.05, 0.1) is 12.2 Å². The van der Waals surface area contributed by atoms with E-state index in [1.165, 1.54) is 6.07 Å². The van der Waals surface area contributed by atoms with Gasteiger partial charge < -0.3 is 20.7 Å². The zero-order valence-electron chi connectivity index (χ0n) is 15.8. The third-order valence-electron chi connectivity index (χ3n) is 5.16. The minimum absolute atomic E-state index is 0. The number of ether oxygens (including phenoxy) is 1. The summed E-state index contributed by atoms with van der Waals surface area (Å²) in [6.07, 6.45) is 4.90. The number of hydrogen-bond acceptors (Lipinski definition) is 6. The van der Waals surface area contributed by atoms with Crippen molar-refractivity contribution < 1.29 is 13.9 Å². The molecule has 1 spiro atoms. The maximum absolute atomic E-state index is 14.0. The number of piperidine rings is 1. The van der Waals surface area contributed by atoms with E-state index < -0.39 is 11.5 Å². The molecule has 0 aliphatic carbocycles. The number of benzene rings is 1. The molecule has 1 aromatic carbocycles. The molecule has 0 saturated carbocycles. The molecular weight excluding hydrogens is 397 g/mol. The van der Waals surface area contributed by atoms with Gasteiger partial charge in [0, 0.05) is 50.4 Å². The van der Waals surface area contributed by atoms with E-state index >= 15 is 0 Å². The number of anilines is 1. The van der Waals surface area contributed by atoms with Crippen molar-refractivity contribution in [2.45, 2.75) is 24.9 Å². The molecule has 1 aromatic heterocycles. The van der Waals surface area contributed by atoms with Crippen molar-refractivity contribution in [3.63, 3.8) is 0 Å². The van der Waals surface area contributed by atoms with Gasteiger partial charge in [-0.05, 0) is 23.8 Å². The second-order valence-corrected chi connectivity index (χ2v) is 7.03. The Balaban J connectivity index is 0.00000240. The van der Waals surface area contributed by atoms with Crippen molar-refractivity contribution in [3.8, 4) is 0 Å². The molecule has 1 amide bonds. The normalized spacial score (nSPS) is 16.9. The largest absolute Gasteiger partial charge is 0.449 e. The van der Waals surface area contributed by atoms with Crippen LogP contribution in [0.25, 0.3) is 0 Å². The highest BCUT2D eigenvalue weighted by Gasteiger charge is 2.39. The quantitative estimate of drug-likeness (QED) is 0.797.